The molecule has 0 aromatic heterocycles. The van der Waals surface area contributed by atoms with Gasteiger partial charge >= 0.3 is 6.18 Å². The molecule has 0 bridgehead atoms. The highest BCUT2D eigenvalue weighted by molar-refractivity contribution is 7.92. The molecule has 0 amide bonds. The summed E-state index contributed by atoms with van der Waals surface area (Å²) in [5.41, 5.74) is -1.36. The number of rotatable bonds is 7. The molecule has 0 saturated heterocycles. The highest BCUT2D eigenvalue weighted by Gasteiger charge is 2.32. The van der Waals surface area contributed by atoms with Crippen LogP contribution in [-0.2, 0) is 20.9 Å². The molecule has 0 fully saturated rings. The molecule has 2 aromatic rings. The van der Waals surface area contributed by atoms with E-state index in [1.165, 1.54) is 25.3 Å². The first-order chi connectivity index (χ1) is 13.7. The summed E-state index contributed by atoms with van der Waals surface area (Å²) in [6.07, 6.45) is -4.65. The summed E-state index contributed by atoms with van der Waals surface area (Å²) >= 11 is 0. The fraction of sp³-hybridized carbons (Fsp3) is 0.333. The summed E-state index contributed by atoms with van der Waals surface area (Å²) in [6.45, 7) is 0.800. The topological polar surface area (TPSA) is 83.1 Å². The van der Waals surface area contributed by atoms with E-state index in [9.17, 15) is 21.6 Å². The number of methoxy groups -OCH3 is 1. The van der Waals surface area contributed by atoms with Crippen LogP contribution in [-0.4, -0.2) is 42.0 Å². The van der Waals surface area contributed by atoms with E-state index in [1.807, 2.05) is 0 Å². The van der Waals surface area contributed by atoms with Crippen molar-refractivity contribution in [1.29, 1.82) is 0 Å². The first-order valence-electron chi connectivity index (χ1n) is 8.46. The third kappa shape index (κ3) is 5.04. The lowest BCUT2D eigenvalue weighted by Crippen LogP contribution is -2.18. The minimum absolute atomic E-state index is 0.0284. The van der Waals surface area contributed by atoms with Gasteiger partial charge in [0.05, 0.1) is 22.8 Å². The average molecular weight is 433 g/mol. The average Bonchev–Trinajstić information content (AvgIpc) is 2.68. The Labute approximate surface area is 165 Å². The van der Waals surface area contributed by atoms with E-state index in [4.69, 9.17) is 18.9 Å². The summed E-state index contributed by atoms with van der Waals surface area (Å²) in [5.74, 6) is 0.564. The SMILES string of the molecule is COCCOc1ccc(C(F)(F)F)cc1NS(=O)(=O)c1ccc2c(c1)OCCO2. The maximum Gasteiger partial charge on any atom is 0.416 e. The maximum atomic E-state index is 13.1. The first kappa shape index (κ1) is 21.1. The van der Waals surface area contributed by atoms with Crippen molar-refractivity contribution in [3.63, 3.8) is 0 Å². The molecule has 1 heterocycles. The molecule has 0 saturated carbocycles. The minimum Gasteiger partial charge on any atom is -0.489 e. The molecule has 0 spiro atoms. The van der Waals surface area contributed by atoms with E-state index in [0.29, 0.717) is 18.4 Å². The number of nitrogens with one attached hydrogen (secondary N) is 1. The van der Waals surface area contributed by atoms with Crippen molar-refractivity contribution in [1.82, 2.24) is 0 Å². The molecule has 1 aliphatic heterocycles. The van der Waals surface area contributed by atoms with Gasteiger partial charge in [0.1, 0.15) is 25.6 Å². The summed E-state index contributed by atoms with van der Waals surface area (Å²) in [7, 11) is -2.79. The molecular formula is C18H18F3NO6S. The minimum atomic E-state index is -4.65. The Morgan fingerprint density at radius 1 is 1.03 bits per heavy atom. The van der Waals surface area contributed by atoms with Crippen LogP contribution in [0.5, 0.6) is 17.2 Å². The third-order valence-electron chi connectivity index (χ3n) is 3.92. The van der Waals surface area contributed by atoms with Gasteiger partial charge in [-0.2, -0.15) is 13.2 Å². The Morgan fingerprint density at radius 2 is 1.76 bits per heavy atom. The molecule has 158 valence electrons. The maximum absolute atomic E-state index is 13.1. The van der Waals surface area contributed by atoms with Crippen molar-refractivity contribution in [2.45, 2.75) is 11.1 Å². The monoisotopic (exact) mass is 433 g/mol. The lowest BCUT2D eigenvalue weighted by atomic mass is 10.2. The predicted octanol–water partition coefficient (Wildman–Crippen LogP) is 3.30. The number of halogens is 3. The smallest absolute Gasteiger partial charge is 0.416 e. The van der Waals surface area contributed by atoms with Crippen LogP contribution >= 0.6 is 0 Å². The lowest BCUT2D eigenvalue weighted by molar-refractivity contribution is -0.137. The fourth-order valence-electron chi connectivity index (χ4n) is 2.54. The van der Waals surface area contributed by atoms with Crippen molar-refractivity contribution < 1.29 is 40.5 Å². The normalized spacial score (nSPS) is 13.8. The Bertz CT molecular complexity index is 978. The molecule has 1 N–H and O–H groups in total. The zero-order chi connectivity index (χ0) is 21.1. The molecular weight excluding hydrogens is 415 g/mol. The van der Waals surface area contributed by atoms with Gasteiger partial charge in [-0.1, -0.05) is 0 Å². The van der Waals surface area contributed by atoms with Crippen LogP contribution in [0.15, 0.2) is 41.3 Å². The van der Waals surface area contributed by atoms with Crippen molar-refractivity contribution >= 4 is 15.7 Å². The number of hydrogen-bond acceptors (Lipinski definition) is 6. The Morgan fingerprint density at radius 3 is 2.45 bits per heavy atom. The molecule has 29 heavy (non-hydrogen) atoms. The van der Waals surface area contributed by atoms with E-state index >= 15 is 0 Å². The number of sulfonamides is 1. The van der Waals surface area contributed by atoms with Gasteiger partial charge in [-0.25, -0.2) is 8.42 Å². The second-order valence-corrected chi connectivity index (χ2v) is 7.64. The Kier molecular flexibility index (Phi) is 6.08. The third-order valence-corrected chi connectivity index (χ3v) is 5.28. The Balaban J connectivity index is 1.93. The zero-order valence-corrected chi connectivity index (χ0v) is 16.1. The van der Waals surface area contributed by atoms with Crippen molar-refractivity contribution in [2.75, 3.05) is 38.3 Å². The second-order valence-electron chi connectivity index (χ2n) is 5.96. The number of alkyl halides is 3. The van der Waals surface area contributed by atoms with Crippen molar-refractivity contribution in [2.24, 2.45) is 0 Å². The standard InChI is InChI=1S/C18H18F3NO6S/c1-25-6-7-26-15-4-2-12(18(19,20)21)10-14(15)22-29(23,24)13-3-5-16-17(11-13)28-9-8-27-16/h2-5,10-11,22H,6-9H2,1H3. The van der Waals surface area contributed by atoms with Crippen molar-refractivity contribution in [3.05, 3.63) is 42.0 Å². The molecule has 0 atom stereocenters. The van der Waals surface area contributed by atoms with Crippen LogP contribution in [0.1, 0.15) is 5.56 Å². The second kappa shape index (κ2) is 8.37. The van der Waals surface area contributed by atoms with E-state index in [0.717, 1.165) is 12.1 Å². The predicted molar refractivity (Wildman–Crippen MR) is 97.1 cm³/mol. The molecule has 11 heteroatoms. The van der Waals surface area contributed by atoms with E-state index in [-0.39, 0.29) is 41.9 Å². The molecule has 0 unspecified atom stereocenters. The number of benzene rings is 2. The number of fused-ring (bicyclic) bond motifs is 1. The molecule has 0 aliphatic carbocycles. The van der Waals surface area contributed by atoms with E-state index < -0.39 is 21.8 Å². The summed E-state index contributed by atoms with van der Waals surface area (Å²) < 4.78 is 87.8. The summed E-state index contributed by atoms with van der Waals surface area (Å²) in [5, 5.41) is 0. The van der Waals surface area contributed by atoms with Gasteiger partial charge in [-0.3, -0.25) is 4.72 Å². The number of anilines is 1. The number of hydrogen-bond donors (Lipinski definition) is 1. The summed E-state index contributed by atoms with van der Waals surface area (Å²) in [4.78, 5) is -0.193. The number of ether oxygens (including phenoxy) is 4. The van der Waals surface area contributed by atoms with Crippen LogP contribution in [0.4, 0.5) is 18.9 Å². The van der Waals surface area contributed by atoms with E-state index in [2.05, 4.69) is 4.72 Å². The van der Waals surface area contributed by atoms with Gasteiger partial charge in [0.2, 0.25) is 0 Å². The molecule has 2 aromatic carbocycles. The highest BCUT2D eigenvalue weighted by Crippen LogP contribution is 2.37. The molecule has 3 rings (SSSR count). The lowest BCUT2D eigenvalue weighted by Gasteiger charge is -2.19. The van der Waals surface area contributed by atoms with Gasteiger partial charge < -0.3 is 18.9 Å². The molecule has 7 nitrogen and oxygen atoms in total. The molecule has 0 radical (unpaired) electrons. The Hall–Kier alpha value is -2.66. The quantitative estimate of drug-likeness (QED) is 0.675. The van der Waals surface area contributed by atoms with Crippen LogP contribution in [0.25, 0.3) is 0 Å². The van der Waals surface area contributed by atoms with Crippen LogP contribution < -0.4 is 18.9 Å². The van der Waals surface area contributed by atoms with Gasteiger partial charge in [-0.15, -0.1) is 0 Å². The van der Waals surface area contributed by atoms with Crippen LogP contribution in [0, 0.1) is 0 Å². The van der Waals surface area contributed by atoms with Gasteiger partial charge in [0.25, 0.3) is 10.0 Å². The van der Waals surface area contributed by atoms with Crippen LogP contribution in [0.2, 0.25) is 0 Å². The van der Waals surface area contributed by atoms with Crippen LogP contribution in [0.3, 0.4) is 0 Å². The van der Waals surface area contributed by atoms with Crippen molar-refractivity contribution in [3.8, 4) is 17.2 Å². The largest absolute Gasteiger partial charge is 0.489 e. The fourth-order valence-corrected chi connectivity index (χ4v) is 3.62. The zero-order valence-electron chi connectivity index (χ0n) is 15.3. The summed E-state index contributed by atoms with van der Waals surface area (Å²) in [6, 6.07) is 6.48. The molecule has 1 aliphatic rings. The van der Waals surface area contributed by atoms with Gasteiger partial charge in [0, 0.05) is 13.2 Å². The van der Waals surface area contributed by atoms with Gasteiger partial charge in [-0.05, 0) is 30.3 Å². The first-order valence-corrected chi connectivity index (χ1v) is 9.94. The van der Waals surface area contributed by atoms with E-state index in [1.54, 1.807) is 0 Å². The van der Waals surface area contributed by atoms with Gasteiger partial charge in [0.15, 0.2) is 11.5 Å². The highest BCUT2D eigenvalue weighted by atomic mass is 32.2.